The van der Waals surface area contributed by atoms with Crippen LogP contribution in [0.15, 0.2) is 4.52 Å². The average Bonchev–Trinajstić information content (AvgIpc) is 2.86. The molecule has 0 radical (unpaired) electrons. The molecule has 0 spiro atoms. The van der Waals surface area contributed by atoms with Gasteiger partial charge in [0.15, 0.2) is 0 Å². The number of carbonyl (C=O) groups is 1. The number of nitrogens with zero attached hydrogens (tertiary/aromatic N) is 2. The molecule has 1 saturated heterocycles. The molecule has 7 heteroatoms. The van der Waals surface area contributed by atoms with Gasteiger partial charge in [0.1, 0.15) is 5.76 Å². The summed E-state index contributed by atoms with van der Waals surface area (Å²) in [7, 11) is 0. The highest BCUT2D eigenvalue weighted by Crippen LogP contribution is 2.20. The molecule has 0 saturated carbocycles. The summed E-state index contributed by atoms with van der Waals surface area (Å²) < 4.78 is 5.06. The first-order valence-electron chi connectivity index (χ1n) is 6.12. The Kier molecular flexibility index (Phi) is 4.49. The van der Waals surface area contributed by atoms with E-state index in [-0.39, 0.29) is 19.0 Å². The summed E-state index contributed by atoms with van der Waals surface area (Å²) in [5.41, 5.74) is 1.88. The molecule has 0 aromatic carbocycles. The van der Waals surface area contributed by atoms with Crippen LogP contribution in [-0.4, -0.2) is 57.2 Å². The van der Waals surface area contributed by atoms with E-state index < -0.39 is 12.2 Å². The molecular weight excluding hydrogens is 268 g/mol. The second-order valence-corrected chi connectivity index (χ2v) is 5.71. The van der Waals surface area contributed by atoms with E-state index in [4.69, 9.17) is 4.52 Å². The Morgan fingerprint density at radius 1 is 1.42 bits per heavy atom. The van der Waals surface area contributed by atoms with Crippen LogP contribution in [0, 0.1) is 13.8 Å². The van der Waals surface area contributed by atoms with Crippen LogP contribution in [0.2, 0.25) is 0 Å². The first-order chi connectivity index (χ1) is 8.99. The summed E-state index contributed by atoms with van der Waals surface area (Å²) in [5, 5.41) is 22.6. The van der Waals surface area contributed by atoms with Gasteiger partial charge in [0, 0.05) is 24.4 Å². The van der Waals surface area contributed by atoms with Gasteiger partial charge in [-0.1, -0.05) is 5.16 Å². The average molecular weight is 286 g/mol. The Bertz CT molecular complexity index is 433. The SMILES string of the molecule is Cc1noc(C)c1CSCC(=O)N1C[C@@H](O)[C@@H](O)C1. The summed E-state index contributed by atoms with van der Waals surface area (Å²) in [4.78, 5) is 13.4. The summed E-state index contributed by atoms with van der Waals surface area (Å²) in [6.07, 6.45) is -1.65. The monoisotopic (exact) mass is 286 g/mol. The molecule has 0 aliphatic carbocycles. The van der Waals surface area contributed by atoms with Crippen molar-refractivity contribution in [2.45, 2.75) is 31.8 Å². The molecular formula is C12H18N2O4S. The maximum Gasteiger partial charge on any atom is 0.232 e. The molecule has 1 aromatic rings. The van der Waals surface area contributed by atoms with Gasteiger partial charge >= 0.3 is 0 Å². The number of hydrogen-bond donors (Lipinski definition) is 2. The van der Waals surface area contributed by atoms with Crippen molar-refractivity contribution in [2.75, 3.05) is 18.8 Å². The van der Waals surface area contributed by atoms with Crippen LogP contribution in [-0.2, 0) is 10.5 Å². The van der Waals surface area contributed by atoms with Crippen molar-refractivity contribution >= 4 is 17.7 Å². The van der Waals surface area contributed by atoms with Crippen LogP contribution < -0.4 is 0 Å². The van der Waals surface area contributed by atoms with E-state index in [1.807, 2.05) is 13.8 Å². The standard InChI is InChI=1S/C12H18N2O4S/c1-7-9(8(2)18-13-7)5-19-6-12(17)14-3-10(15)11(16)4-14/h10-11,15-16H,3-6H2,1-2H3/t10-,11+. The third kappa shape index (κ3) is 3.29. The lowest BCUT2D eigenvalue weighted by Gasteiger charge is -2.14. The van der Waals surface area contributed by atoms with Crippen molar-refractivity contribution in [3.8, 4) is 0 Å². The zero-order valence-corrected chi connectivity index (χ0v) is 11.8. The van der Waals surface area contributed by atoms with E-state index in [2.05, 4.69) is 5.16 Å². The van der Waals surface area contributed by atoms with Crippen LogP contribution >= 0.6 is 11.8 Å². The van der Waals surface area contributed by atoms with Crippen molar-refractivity contribution in [2.24, 2.45) is 0 Å². The Morgan fingerprint density at radius 3 is 2.58 bits per heavy atom. The number of aliphatic hydroxyl groups excluding tert-OH is 2. The van der Waals surface area contributed by atoms with E-state index in [1.54, 1.807) is 0 Å². The number of aromatic nitrogens is 1. The lowest BCUT2D eigenvalue weighted by Crippen LogP contribution is -2.31. The minimum atomic E-state index is -0.823. The highest BCUT2D eigenvalue weighted by molar-refractivity contribution is 7.99. The summed E-state index contributed by atoms with van der Waals surface area (Å²) in [5.74, 6) is 1.71. The van der Waals surface area contributed by atoms with Crippen molar-refractivity contribution in [3.05, 3.63) is 17.0 Å². The van der Waals surface area contributed by atoms with Gasteiger partial charge in [0.2, 0.25) is 5.91 Å². The summed E-state index contributed by atoms with van der Waals surface area (Å²) in [6.45, 7) is 4.16. The molecule has 1 aliphatic heterocycles. The predicted octanol–water partition coefficient (Wildman–Crippen LogP) is 0.0886. The Hall–Kier alpha value is -1.05. The third-order valence-corrected chi connectivity index (χ3v) is 4.21. The lowest BCUT2D eigenvalue weighted by atomic mass is 10.2. The molecule has 2 rings (SSSR count). The number of carbonyl (C=O) groups excluding carboxylic acids is 1. The van der Waals surface area contributed by atoms with Gasteiger partial charge in [-0.25, -0.2) is 0 Å². The minimum absolute atomic E-state index is 0.0626. The largest absolute Gasteiger partial charge is 0.388 e. The highest BCUT2D eigenvalue weighted by atomic mass is 32.2. The molecule has 1 aliphatic rings. The molecule has 1 aromatic heterocycles. The van der Waals surface area contributed by atoms with Crippen molar-refractivity contribution in [1.82, 2.24) is 10.1 Å². The maximum absolute atomic E-state index is 11.9. The fourth-order valence-corrected chi connectivity index (χ4v) is 3.09. The van der Waals surface area contributed by atoms with E-state index in [1.165, 1.54) is 16.7 Å². The number of thioether (sulfide) groups is 1. The van der Waals surface area contributed by atoms with Gasteiger partial charge in [-0.15, -0.1) is 11.8 Å². The molecule has 0 bridgehead atoms. The lowest BCUT2D eigenvalue weighted by molar-refractivity contribution is -0.127. The van der Waals surface area contributed by atoms with E-state index in [9.17, 15) is 15.0 Å². The molecule has 0 unspecified atom stereocenters. The summed E-state index contributed by atoms with van der Waals surface area (Å²) in [6, 6.07) is 0. The van der Waals surface area contributed by atoms with Crippen LogP contribution in [0.1, 0.15) is 17.0 Å². The predicted molar refractivity (Wildman–Crippen MR) is 70.7 cm³/mol. The van der Waals surface area contributed by atoms with Crippen LogP contribution in [0.4, 0.5) is 0 Å². The molecule has 2 atom stereocenters. The summed E-state index contributed by atoms with van der Waals surface area (Å²) >= 11 is 1.48. The first kappa shape index (κ1) is 14.4. The maximum atomic E-state index is 11.9. The number of likely N-dealkylation sites (tertiary alicyclic amines) is 1. The highest BCUT2D eigenvalue weighted by Gasteiger charge is 2.32. The second-order valence-electron chi connectivity index (χ2n) is 4.73. The van der Waals surface area contributed by atoms with E-state index in [0.717, 1.165) is 17.0 Å². The van der Waals surface area contributed by atoms with Gasteiger partial charge in [0.05, 0.1) is 23.7 Å². The quantitative estimate of drug-likeness (QED) is 0.815. The molecule has 6 nitrogen and oxygen atoms in total. The normalized spacial score (nSPS) is 23.1. The first-order valence-corrected chi connectivity index (χ1v) is 7.28. The second kappa shape index (κ2) is 5.94. The molecule has 106 valence electrons. The molecule has 2 heterocycles. The van der Waals surface area contributed by atoms with Gasteiger partial charge < -0.3 is 19.6 Å². The number of aliphatic hydroxyl groups is 2. The Balaban J connectivity index is 1.79. The molecule has 19 heavy (non-hydrogen) atoms. The molecule has 2 N–H and O–H groups in total. The number of β-amino-alcohol motifs (C(OH)–C–C–N with tert-alkyl or cyclic N) is 2. The number of rotatable bonds is 4. The van der Waals surface area contributed by atoms with Gasteiger partial charge in [0.25, 0.3) is 0 Å². The van der Waals surface area contributed by atoms with Crippen LogP contribution in [0.5, 0.6) is 0 Å². The topological polar surface area (TPSA) is 86.8 Å². The van der Waals surface area contributed by atoms with Gasteiger partial charge in [-0.3, -0.25) is 4.79 Å². The number of aryl methyl sites for hydroxylation is 2. The smallest absolute Gasteiger partial charge is 0.232 e. The van der Waals surface area contributed by atoms with Crippen LogP contribution in [0.25, 0.3) is 0 Å². The fourth-order valence-electron chi connectivity index (χ4n) is 2.01. The fraction of sp³-hybridized carbons (Fsp3) is 0.667. The van der Waals surface area contributed by atoms with Gasteiger partial charge in [-0.05, 0) is 13.8 Å². The Labute approximate surface area is 115 Å². The zero-order chi connectivity index (χ0) is 14.0. The number of amides is 1. The van der Waals surface area contributed by atoms with E-state index in [0.29, 0.717) is 11.5 Å². The minimum Gasteiger partial charge on any atom is -0.388 e. The third-order valence-electron chi connectivity index (χ3n) is 3.26. The van der Waals surface area contributed by atoms with Crippen molar-refractivity contribution in [3.63, 3.8) is 0 Å². The van der Waals surface area contributed by atoms with Gasteiger partial charge in [-0.2, -0.15) is 0 Å². The van der Waals surface area contributed by atoms with Crippen molar-refractivity contribution < 1.29 is 19.5 Å². The molecule has 1 fully saturated rings. The zero-order valence-electron chi connectivity index (χ0n) is 11.0. The van der Waals surface area contributed by atoms with Crippen LogP contribution in [0.3, 0.4) is 0 Å². The number of hydrogen-bond acceptors (Lipinski definition) is 6. The Morgan fingerprint density at radius 2 is 2.05 bits per heavy atom. The molecule has 1 amide bonds. The van der Waals surface area contributed by atoms with Crippen molar-refractivity contribution in [1.29, 1.82) is 0 Å². The van der Waals surface area contributed by atoms with E-state index >= 15 is 0 Å².